The number of ether oxygens (including phenoxy) is 1. The number of nitrogens with zero attached hydrogens (tertiary/aromatic N) is 3. The van der Waals surface area contributed by atoms with E-state index in [1.807, 2.05) is 49.7 Å². The number of thiophene rings is 1. The lowest BCUT2D eigenvalue weighted by Crippen LogP contribution is -2.27. The Labute approximate surface area is 149 Å². The van der Waals surface area contributed by atoms with Gasteiger partial charge in [0.05, 0.1) is 10.9 Å². The maximum absolute atomic E-state index is 5.94. The van der Waals surface area contributed by atoms with Gasteiger partial charge in [0.25, 0.3) is 0 Å². The molecule has 3 aromatic rings. The molecule has 0 radical (unpaired) electrons. The summed E-state index contributed by atoms with van der Waals surface area (Å²) in [5.41, 5.74) is 0. The predicted octanol–water partition coefficient (Wildman–Crippen LogP) is 4.52. The van der Waals surface area contributed by atoms with Crippen molar-refractivity contribution < 1.29 is 9.26 Å². The number of aromatic nitrogens is 2. The zero-order valence-electron chi connectivity index (χ0n) is 13.5. The predicted molar refractivity (Wildman–Crippen MR) is 95.6 cm³/mol. The highest BCUT2D eigenvalue weighted by molar-refractivity contribution is 7.13. The highest BCUT2D eigenvalue weighted by Gasteiger charge is 2.19. The highest BCUT2D eigenvalue weighted by Crippen LogP contribution is 2.24. The Morgan fingerprint density at radius 1 is 1.33 bits per heavy atom. The quantitative estimate of drug-likeness (QED) is 0.617. The molecule has 0 N–H and O–H groups in total. The summed E-state index contributed by atoms with van der Waals surface area (Å²) in [6.07, 6.45) is 0. The van der Waals surface area contributed by atoms with Crippen LogP contribution in [0.15, 0.2) is 46.3 Å². The maximum atomic E-state index is 5.94. The molecule has 0 aliphatic rings. The molecule has 1 unspecified atom stereocenters. The van der Waals surface area contributed by atoms with Crippen molar-refractivity contribution in [3.8, 4) is 16.5 Å². The van der Waals surface area contributed by atoms with E-state index in [9.17, 15) is 0 Å². The molecule has 0 saturated carbocycles. The van der Waals surface area contributed by atoms with Gasteiger partial charge in [0, 0.05) is 11.6 Å². The molecule has 3 rings (SSSR count). The fourth-order valence-corrected chi connectivity index (χ4v) is 2.99. The molecule has 1 atom stereocenters. The summed E-state index contributed by atoms with van der Waals surface area (Å²) < 4.78 is 11.1. The van der Waals surface area contributed by atoms with Gasteiger partial charge in [-0.05, 0) is 43.6 Å². The van der Waals surface area contributed by atoms with Crippen molar-refractivity contribution in [2.24, 2.45) is 0 Å². The van der Waals surface area contributed by atoms with Crippen molar-refractivity contribution in [3.05, 3.63) is 52.7 Å². The first-order chi connectivity index (χ1) is 11.6. The van der Waals surface area contributed by atoms with Crippen LogP contribution in [-0.2, 0) is 0 Å². The smallest absolute Gasteiger partial charge is 0.244 e. The van der Waals surface area contributed by atoms with Gasteiger partial charge in [-0.1, -0.05) is 28.9 Å². The highest BCUT2D eigenvalue weighted by atomic mass is 35.5. The van der Waals surface area contributed by atoms with E-state index in [0.29, 0.717) is 23.3 Å². The second kappa shape index (κ2) is 7.79. The number of hydrogen-bond acceptors (Lipinski definition) is 6. The van der Waals surface area contributed by atoms with E-state index in [1.54, 1.807) is 17.4 Å². The largest absolute Gasteiger partial charge is 0.492 e. The van der Waals surface area contributed by atoms with Crippen molar-refractivity contribution in [3.63, 3.8) is 0 Å². The second-order valence-electron chi connectivity index (χ2n) is 5.40. The van der Waals surface area contributed by atoms with Gasteiger partial charge in [-0.2, -0.15) is 4.98 Å². The minimum atomic E-state index is 0.00849. The number of benzene rings is 1. The van der Waals surface area contributed by atoms with Crippen LogP contribution in [0.2, 0.25) is 5.02 Å². The lowest BCUT2D eigenvalue weighted by atomic mass is 10.3. The van der Waals surface area contributed by atoms with Gasteiger partial charge < -0.3 is 9.26 Å². The van der Waals surface area contributed by atoms with E-state index < -0.39 is 0 Å². The standard InChI is InChI=1S/C17H18ClN3O2S/c1-12(17-19-16(20-23-17)15-7-4-10-24-15)21(2)8-9-22-14-6-3-5-13(18)11-14/h3-7,10-12H,8-9H2,1-2H3. The third kappa shape index (κ3) is 4.14. The van der Waals surface area contributed by atoms with Crippen LogP contribution in [0.25, 0.3) is 10.7 Å². The number of hydrogen-bond donors (Lipinski definition) is 0. The van der Waals surface area contributed by atoms with Crippen LogP contribution < -0.4 is 4.74 Å². The number of likely N-dealkylation sites (N-methyl/N-ethyl adjacent to an activating group) is 1. The Morgan fingerprint density at radius 2 is 2.21 bits per heavy atom. The average Bonchev–Trinajstić information content (AvgIpc) is 3.25. The summed E-state index contributed by atoms with van der Waals surface area (Å²) >= 11 is 7.54. The first kappa shape index (κ1) is 17.0. The molecule has 5 nitrogen and oxygen atoms in total. The van der Waals surface area contributed by atoms with E-state index in [1.165, 1.54) is 0 Å². The maximum Gasteiger partial charge on any atom is 0.244 e. The van der Waals surface area contributed by atoms with Crippen molar-refractivity contribution in [1.29, 1.82) is 0 Å². The first-order valence-corrected chi connectivity index (χ1v) is 8.85. The molecule has 0 aliphatic carbocycles. The molecule has 0 amide bonds. The number of rotatable bonds is 7. The van der Waals surface area contributed by atoms with Crippen molar-refractivity contribution in [1.82, 2.24) is 15.0 Å². The van der Waals surface area contributed by atoms with Gasteiger partial charge in [-0.15, -0.1) is 11.3 Å². The van der Waals surface area contributed by atoms with Crippen molar-refractivity contribution in [2.45, 2.75) is 13.0 Å². The zero-order chi connectivity index (χ0) is 16.9. The Hall–Kier alpha value is -1.89. The molecule has 2 heterocycles. The number of halogens is 1. The van der Waals surface area contributed by atoms with Crippen LogP contribution in [0.3, 0.4) is 0 Å². The van der Waals surface area contributed by atoms with Gasteiger partial charge in [0.15, 0.2) is 0 Å². The molecular weight excluding hydrogens is 346 g/mol. The van der Waals surface area contributed by atoms with E-state index in [2.05, 4.69) is 15.0 Å². The van der Waals surface area contributed by atoms with Crippen LogP contribution in [-0.4, -0.2) is 35.2 Å². The third-order valence-electron chi connectivity index (χ3n) is 3.71. The minimum Gasteiger partial charge on any atom is -0.492 e. The zero-order valence-corrected chi connectivity index (χ0v) is 15.0. The molecule has 126 valence electrons. The Kier molecular flexibility index (Phi) is 5.50. The normalized spacial score (nSPS) is 12.5. The monoisotopic (exact) mass is 363 g/mol. The fraction of sp³-hybridized carbons (Fsp3) is 0.294. The molecule has 0 spiro atoms. The fourth-order valence-electron chi connectivity index (χ4n) is 2.16. The van der Waals surface area contributed by atoms with Gasteiger partial charge in [0.1, 0.15) is 12.4 Å². The molecule has 7 heteroatoms. The summed E-state index contributed by atoms with van der Waals surface area (Å²) in [6, 6.07) is 11.3. The van der Waals surface area contributed by atoms with E-state index in [-0.39, 0.29) is 6.04 Å². The molecule has 1 aromatic carbocycles. The Morgan fingerprint density at radius 3 is 2.96 bits per heavy atom. The summed E-state index contributed by atoms with van der Waals surface area (Å²) in [4.78, 5) is 7.60. The molecule has 24 heavy (non-hydrogen) atoms. The minimum absolute atomic E-state index is 0.00849. The molecule has 0 bridgehead atoms. The Balaban J connectivity index is 1.54. The summed E-state index contributed by atoms with van der Waals surface area (Å²) in [5.74, 6) is 2.00. The lowest BCUT2D eigenvalue weighted by molar-refractivity contribution is 0.174. The molecule has 2 aromatic heterocycles. The topological polar surface area (TPSA) is 51.4 Å². The van der Waals surface area contributed by atoms with E-state index in [4.69, 9.17) is 20.9 Å². The Bertz CT molecular complexity index is 776. The summed E-state index contributed by atoms with van der Waals surface area (Å²) in [7, 11) is 2.00. The summed E-state index contributed by atoms with van der Waals surface area (Å²) in [5, 5.41) is 6.71. The first-order valence-electron chi connectivity index (χ1n) is 7.59. The molecular formula is C17H18ClN3O2S. The molecule has 0 saturated heterocycles. The van der Waals surface area contributed by atoms with Crippen LogP contribution in [0, 0.1) is 0 Å². The van der Waals surface area contributed by atoms with Crippen LogP contribution >= 0.6 is 22.9 Å². The average molecular weight is 364 g/mol. The summed E-state index contributed by atoms with van der Waals surface area (Å²) in [6.45, 7) is 3.31. The van der Waals surface area contributed by atoms with Gasteiger partial charge in [-0.25, -0.2) is 0 Å². The van der Waals surface area contributed by atoms with Crippen molar-refractivity contribution >= 4 is 22.9 Å². The van der Waals surface area contributed by atoms with Crippen LogP contribution in [0.4, 0.5) is 0 Å². The van der Waals surface area contributed by atoms with Gasteiger partial charge in [-0.3, -0.25) is 4.90 Å². The van der Waals surface area contributed by atoms with Crippen LogP contribution in [0.5, 0.6) is 5.75 Å². The van der Waals surface area contributed by atoms with Gasteiger partial charge >= 0.3 is 0 Å². The van der Waals surface area contributed by atoms with E-state index >= 15 is 0 Å². The van der Waals surface area contributed by atoms with Crippen molar-refractivity contribution in [2.75, 3.05) is 20.2 Å². The molecule has 0 aliphatic heterocycles. The van der Waals surface area contributed by atoms with Crippen LogP contribution in [0.1, 0.15) is 18.9 Å². The van der Waals surface area contributed by atoms with E-state index in [0.717, 1.165) is 17.2 Å². The second-order valence-corrected chi connectivity index (χ2v) is 6.78. The SMILES string of the molecule is CC(c1nc(-c2cccs2)no1)N(C)CCOc1cccc(Cl)c1. The van der Waals surface area contributed by atoms with Gasteiger partial charge in [0.2, 0.25) is 11.7 Å². The third-order valence-corrected chi connectivity index (χ3v) is 4.81. The lowest BCUT2D eigenvalue weighted by Gasteiger charge is -2.21. The molecule has 0 fully saturated rings.